The molecule has 0 bridgehead atoms. The van der Waals surface area contributed by atoms with Gasteiger partial charge in [0, 0.05) is 13.1 Å². The van der Waals surface area contributed by atoms with Gasteiger partial charge in [-0.3, -0.25) is 9.59 Å². The average Bonchev–Trinajstić information content (AvgIpc) is 2.70. The number of amides is 2. The molecular weight excluding hydrogens is 367 g/mol. The van der Waals surface area contributed by atoms with Gasteiger partial charge in [-0.1, -0.05) is 44.2 Å². The Labute approximate surface area is 173 Å². The molecule has 0 radical (unpaired) electrons. The van der Waals surface area contributed by atoms with Gasteiger partial charge in [-0.15, -0.1) is 0 Å². The van der Waals surface area contributed by atoms with Crippen molar-refractivity contribution in [1.29, 1.82) is 0 Å². The number of hydrogen-bond acceptors (Lipinski definition) is 2. The van der Waals surface area contributed by atoms with Crippen molar-refractivity contribution in [3.05, 3.63) is 70.5 Å². The fourth-order valence-corrected chi connectivity index (χ4v) is 3.26. The van der Waals surface area contributed by atoms with Crippen molar-refractivity contribution in [3.63, 3.8) is 0 Å². The van der Waals surface area contributed by atoms with E-state index in [0.29, 0.717) is 13.0 Å². The molecule has 2 amide bonds. The molecule has 2 aromatic carbocycles. The third-order valence-electron chi connectivity index (χ3n) is 5.13. The normalized spacial score (nSPS) is 11.8. The number of carbonyl (C=O) groups is 2. The highest BCUT2D eigenvalue weighted by atomic mass is 19.1. The summed E-state index contributed by atoms with van der Waals surface area (Å²) in [6, 6.07) is 11.5. The van der Waals surface area contributed by atoms with Crippen LogP contribution in [0.15, 0.2) is 42.5 Å². The Kier molecular flexibility index (Phi) is 8.37. The molecule has 1 atom stereocenters. The van der Waals surface area contributed by atoms with Crippen LogP contribution in [0, 0.1) is 19.7 Å². The van der Waals surface area contributed by atoms with Crippen LogP contribution in [0.25, 0.3) is 0 Å². The predicted octanol–water partition coefficient (Wildman–Crippen LogP) is 4.32. The molecule has 0 aliphatic carbocycles. The van der Waals surface area contributed by atoms with Gasteiger partial charge in [-0.25, -0.2) is 4.39 Å². The molecule has 2 aromatic rings. The molecule has 0 saturated carbocycles. The maximum absolute atomic E-state index is 13.3. The summed E-state index contributed by atoms with van der Waals surface area (Å²) in [5, 5.41) is 2.90. The topological polar surface area (TPSA) is 49.4 Å². The molecule has 0 fully saturated rings. The molecule has 0 aliphatic heterocycles. The third-order valence-corrected chi connectivity index (χ3v) is 5.13. The van der Waals surface area contributed by atoms with Gasteiger partial charge in [0.15, 0.2) is 0 Å². The fraction of sp³-hybridized carbons (Fsp3) is 0.417. The van der Waals surface area contributed by atoms with Crippen LogP contribution in [0.2, 0.25) is 0 Å². The summed E-state index contributed by atoms with van der Waals surface area (Å²) >= 11 is 0. The van der Waals surface area contributed by atoms with Crippen molar-refractivity contribution < 1.29 is 14.0 Å². The van der Waals surface area contributed by atoms with Crippen molar-refractivity contribution in [2.24, 2.45) is 0 Å². The molecule has 156 valence electrons. The van der Waals surface area contributed by atoms with E-state index < -0.39 is 6.04 Å². The molecule has 0 heterocycles. The highest BCUT2D eigenvalue weighted by Crippen LogP contribution is 2.17. The first kappa shape index (κ1) is 22.6. The van der Waals surface area contributed by atoms with Crippen LogP contribution in [-0.2, 0) is 22.6 Å². The number of benzene rings is 2. The zero-order valence-corrected chi connectivity index (χ0v) is 17.8. The zero-order chi connectivity index (χ0) is 21.4. The van der Waals surface area contributed by atoms with Crippen LogP contribution in [0.5, 0.6) is 0 Å². The van der Waals surface area contributed by atoms with Crippen LogP contribution >= 0.6 is 0 Å². The molecule has 0 spiro atoms. The monoisotopic (exact) mass is 398 g/mol. The SMILES string of the molecule is CCCNC(=O)[C@@H](CC)N(Cc1ccc(F)cc1)C(=O)Cc1ccc(C)c(C)c1. The van der Waals surface area contributed by atoms with E-state index in [2.05, 4.69) is 5.32 Å². The van der Waals surface area contributed by atoms with Gasteiger partial charge in [-0.2, -0.15) is 0 Å². The van der Waals surface area contributed by atoms with Crippen molar-refractivity contribution in [2.45, 2.75) is 59.5 Å². The molecule has 5 heteroatoms. The van der Waals surface area contributed by atoms with Gasteiger partial charge in [0.05, 0.1) is 6.42 Å². The maximum atomic E-state index is 13.3. The number of halogens is 1. The minimum Gasteiger partial charge on any atom is -0.354 e. The lowest BCUT2D eigenvalue weighted by atomic mass is 10.0. The van der Waals surface area contributed by atoms with Crippen LogP contribution in [-0.4, -0.2) is 29.3 Å². The Morgan fingerprint density at radius 2 is 1.66 bits per heavy atom. The Morgan fingerprint density at radius 3 is 2.24 bits per heavy atom. The van der Waals surface area contributed by atoms with E-state index in [1.807, 2.05) is 45.9 Å². The van der Waals surface area contributed by atoms with Crippen LogP contribution < -0.4 is 5.32 Å². The van der Waals surface area contributed by atoms with E-state index in [9.17, 15) is 14.0 Å². The number of aryl methyl sites for hydroxylation is 2. The van der Waals surface area contributed by atoms with Crippen molar-refractivity contribution in [1.82, 2.24) is 10.2 Å². The molecule has 2 rings (SSSR count). The molecule has 29 heavy (non-hydrogen) atoms. The van der Waals surface area contributed by atoms with Gasteiger partial charge in [0.1, 0.15) is 11.9 Å². The van der Waals surface area contributed by atoms with Crippen LogP contribution in [0.4, 0.5) is 4.39 Å². The van der Waals surface area contributed by atoms with Gasteiger partial charge in [-0.05, 0) is 61.1 Å². The summed E-state index contributed by atoms with van der Waals surface area (Å²) in [4.78, 5) is 27.6. The van der Waals surface area contributed by atoms with E-state index in [4.69, 9.17) is 0 Å². The lowest BCUT2D eigenvalue weighted by Crippen LogP contribution is -2.49. The fourth-order valence-electron chi connectivity index (χ4n) is 3.26. The molecule has 0 aromatic heterocycles. The zero-order valence-electron chi connectivity index (χ0n) is 17.8. The first-order chi connectivity index (χ1) is 13.8. The molecule has 0 saturated heterocycles. The lowest BCUT2D eigenvalue weighted by molar-refractivity contribution is -0.140. The number of rotatable bonds is 9. The first-order valence-corrected chi connectivity index (χ1v) is 10.2. The highest BCUT2D eigenvalue weighted by molar-refractivity contribution is 5.88. The average molecular weight is 399 g/mol. The summed E-state index contributed by atoms with van der Waals surface area (Å²) in [5.41, 5.74) is 4.02. The minimum absolute atomic E-state index is 0.115. The Morgan fingerprint density at radius 1 is 1.00 bits per heavy atom. The van der Waals surface area contributed by atoms with Crippen LogP contribution in [0.1, 0.15) is 48.9 Å². The van der Waals surface area contributed by atoms with E-state index >= 15 is 0 Å². The van der Waals surface area contributed by atoms with Crippen molar-refractivity contribution >= 4 is 11.8 Å². The van der Waals surface area contributed by atoms with Crippen LogP contribution in [0.3, 0.4) is 0 Å². The molecule has 0 aliphatic rings. The number of nitrogens with zero attached hydrogens (tertiary/aromatic N) is 1. The molecule has 4 nitrogen and oxygen atoms in total. The van der Waals surface area contributed by atoms with E-state index in [1.54, 1.807) is 17.0 Å². The second-order valence-corrected chi connectivity index (χ2v) is 7.46. The predicted molar refractivity (Wildman–Crippen MR) is 114 cm³/mol. The van der Waals surface area contributed by atoms with Gasteiger partial charge in [0.2, 0.25) is 11.8 Å². The maximum Gasteiger partial charge on any atom is 0.242 e. The summed E-state index contributed by atoms with van der Waals surface area (Å²) in [6.07, 6.45) is 1.56. The second kappa shape index (κ2) is 10.7. The summed E-state index contributed by atoms with van der Waals surface area (Å²) in [5.74, 6) is -0.588. The van der Waals surface area contributed by atoms with Gasteiger partial charge in [0.25, 0.3) is 0 Å². The quantitative estimate of drug-likeness (QED) is 0.684. The van der Waals surface area contributed by atoms with E-state index in [-0.39, 0.29) is 30.6 Å². The summed E-state index contributed by atoms with van der Waals surface area (Å²) in [7, 11) is 0. The summed E-state index contributed by atoms with van der Waals surface area (Å²) < 4.78 is 13.3. The molecule has 1 N–H and O–H groups in total. The smallest absolute Gasteiger partial charge is 0.242 e. The second-order valence-electron chi connectivity index (χ2n) is 7.46. The van der Waals surface area contributed by atoms with Gasteiger partial charge >= 0.3 is 0 Å². The van der Waals surface area contributed by atoms with Crippen molar-refractivity contribution in [2.75, 3.05) is 6.54 Å². The molecule has 0 unspecified atom stereocenters. The molecular formula is C24H31FN2O2. The summed E-state index contributed by atoms with van der Waals surface area (Å²) in [6.45, 7) is 8.78. The minimum atomic E-state index is -0.564. The van der Waals surface area contributed by atoms with Crippen molar-refractivity contribution in [3.8, 4) is 0 Å². The Hall–Kier alpha value is -2.69. The number of nitrogens with one attached hydrogen (secondary N) is 1. The number of hydrogen-bond donors (Lipinski definition) is 1. The lowest BCUT2D eigenvalue weighted by Gasteiger charge is -2.31. The first-order valence-electron chi connectivity index (χ1n) is 10.2. The Balaban J connectivity index is 2.27. The largest absolute Gasteiger partial charge is 0.354 e. The Bertz CT molecular complexity index is 833. The number of carbonyl (C=O) groups excluding carboxylic acids is 2. The third kappa shape index (κ3) is 6.41. The standard InChI is InChI=1S/C24H31FN2O2/c1-5-13-26-24(29)22(6-2)27(16-19-9-11-21(25)12-10-19)23(28)15-20-8-7-17(3)18(4)14-20/h7-12,14,22H,5-6,13,15-16H2,1-4H3,(H,26,29)/t22-/m1/s1. The highest BCUT2D eigenvalue weighted by Gasteiger charge is 2.28. The van der Waals surface area contributed by atoms with E-state index in [1.165, 1.54) is 17.7 Å². The van der Waals surface area contributed by atoms with Gasteiger partial charge < -0.3 is 10.2 Å². The van der Waals surface area contributed by atoms with E-state index in [0.717, 1.165) is 23.1 Å².